The molecule has 4 N–H and O–H groups in total. The van der Waals surface area contributed by atoms with E-state index < -0.39 is 42.8 Å². The maximum Gasteiger partial charge on any atom is 0.335 e. The molecule has 3 aliphatic heterocycles. The molecule has 0 radical (unpaired) electrons. The van der Waals surface area contributed by atoms with Crippen LogP contribution in [-0.4, -0.2) is 94.9 Å². The number of aliphatic carboxylic acids is 1. The van der Waals surface area contributed by atoms with E-state index in [9.17, 15) is 25.2 Å². The van der Waals surface area contributed by atoms with Gasteiger partial charge in [-0.1, -0.05) is 18.2 Å². The molecule has 10 nitrogen and oxygen atoms in total. The molecule has 1 spiro atoms. The second-order valence-electron chi connectivity index (χ2n) is 9.27. The second kappa shape index (κ2) is 8.23. The maximum absolute atomic E-state index is 11.4. The van der Waals surface area contributed by atoms with Gasteiger partial charge in [-0.3, -0.25) is 0 Å². The average Bonchev–Trinajstić information content (AvgIpc) is 3.05. The van der Waals surface area contributed by atoms with Gasteiger partial charge in [0, 0.05) is 18.5 Å². The predicted octanol–water partition coefficient (Wildman–Crippen LogP) is -0.233. The van der Waals surface area contributed by atoms with Gasteiger partial charge in [0.05, 0.1) is 18.6 Å². The van der Waals surface area contributed by atoms with Crippen LogP contribution < -0.4 is 9.47 Å². The van der Waals surface area contributed by atoms with Crippen LogP contribution in [0.4, 0.5) is 0 Å². The normalized spacial score (nSPS) is 39.8. The standard InChI is InChI=1S/C23H29NO9/c1-24-8-7-23-6-5-12(31-22-18(27)16(25)17(26)20(33-22)21(28)29)9-14(23)32-19-13(30-2)4-3-11(10-24)15(19)23/h3-6,12,14,16-18,20,22,25-27H,7-10H2,1-2H3,(H,28,29)/t12-,14-,16-,17-,18+,20-,22+,23-/m0/s1. The Bertz CT molecular complexity index is 967. The Labute approximate surface area is 190 Å². The minimum absolute atomic E-state index is 0.254. The van der Waals surface area contributed by atoms with Crippen LogP contribution in [-0.2, 0) is 26.2 Å². The quantitative estimate of drug-likeness (QED) is 0.443. The van der Waals surface area contributed by atoms with Crippen LogP contribution in [0.1, 0.15) is 24.0 Å². The molecular formula is C23H29NO9. The molecule has 0 bridgehead atoms. The Hall–Kier alpha value is -2.21. The molecule has 3 heterocycles. The molecule has 1 aromatic carbocycles. The summed E-state index contributed by atoms with van der Waals surface area (Å²) in [6.07, 6.45) is -3.76. The molecule has 1 saturated heterocycles. The summed E-state index contributed by atoms with van der Waals surface area (Å²) in [5.41, 5.74) is 1.96. The zero-order chi connectivity index (χ0) is 23.5. The van der Waals surface area contributed by atoms with E-state index in [2.05, 4.69) is 24.1 Å². The Kier molecular flexibility index (Phi) is 5.63. The van der Waals surface area contributed by atoms with E-state index in [-0.39, 0.29) is 11.5 Å². The molecule has 8 atom stereocenters. The van der Waals surface area contributed by atoms with Crippen molar-refractivity contribution in [3.63, 3.8) is 0 Å². The molecule has 1 aromatic rings. The largest absolute Gasteiger partial charge is 0.493 e. The highest BCUT2D eigenvalue weighted by Crippen LogP contribution is 2.56. The molecule has 180 valence electrons. The lowest BCUT2D eigenvalue weighted by atomic mass is 9.69. The average molecular weight is 463 g/mol. The van der Waals surface area contributed by atoms with E-state index in [1.807, 2.05) is 12.1 Å². The Morgan fingerprint density at radius 2 is 2.00 bits per heavy atom. The third-order valence-electron chi connectivity index (χ3n) is 7.25. The van der Waals surface area contributed by atoms with Gasteiger partial charge in [-0.05, 0) is 31.6 Å². The molecule has 10 heteroatoms. The number of methoxy groups -OCH3 is 1. The number of benzene rings is 1. The summed E-state index contributed by atoms with van der Waals surface area (Å²) in [6, 6.07) is 4.00. The fourth-order valence-corrected chi connectivity index (χ4v) is 5.50. The van der Waals surface area contributed by atoms with Crippen molar-refractivity contribution in [2.45, 2.75) is 67.7 Å². The van der Waals surface area contributed by atoms with Gasteiger partial charge in [-0.2, -0.15) is 0 Å². The molecule has 0 saturated carbocycles. The van der Waals surface area contributed by atoms with E-state index >= 15 is 0 Å². The molecule has 0 aromatic heterocycles. The van der Waals surface area contributed by atoms with Crippen LogP contribution in [0, 0.1) is 0 Å². The molecule has 5 rings (SSSR count). The van der Waals surface area contributed by atoms with Crippen LogP contribution in [0.25, 0.3) is 0 Å². The van der Waals surface area contributed by atoms with Gasteiger partial charge in [0.15, 0.2) is 23.9 Å². The Morgan fingerprint density at radius 1 is 1.21 bits per heavy atom. The highest BCUT2D eigenvalue weighted by Gasteiger charge is 2.54. The van der Waals surface area contributed by atoms with Crippen molar-refractivity contribution in [2.24, 2.45) is 0 Å². The second-order valence-corrected chi connectivity index (χ2v) is 9.27. The lowest BCUT2D eigenvalue weighted by Gasteiger charge is -2.42. The first-order valence-corrected chi connectivity index (χ1v) is 11.1. The summed E-state index contributed by atoms with van der Waals surface area (Å²) in [4.78, 5) is 13.7. The zero-order valence-electron chi connectivity index (χ0n) is 18.5. The van der Waals surface area contributed by atoms with Crippen LogP contribution in [0.3, 0.4) is 0 Å². The Morgan fingerprint density at radius 3 is 2.73 bits per heavy atom. The monoisotopic (exact) mass is 463 g/mol. The number of hydrogen-bond acceptors (Lipinski definition) is 9. The number of carboxylic acids is 1. The lowest BCUT2D eigenvalue weighted by Crippen LogP contribution is -2.61. The maximum atomic E-state index is 11.4. The summed E-state index contributed by atoms with van der Waals surface area (Å²) >= 11 is 0. The number of hydrogen-bond donors (Lipinski definition) is 4. The molecule has 1 aliphatic carbocycles. The molecular weight excluding hydrogens is 434 g/mol. The molecule has 4 aliphatic rings. The fourth-order valence-electron chi connectivity index (χ4n) is 5.50. The van der Waals surface area contributed by atoms with E-state index in [4.69, 9.17) is 18.9 Å². The smallest absolute Gasteiger partial charge is 0.335 e. The number of aliphatic hydroxyl groups is 3. The van der Waals surface area contributed by atoms with Crippen molar-refractivity contribution in [1.82, 2.24) is 4.90 Å². The molecule has 0 unspecified atom stereocenters. The SMILES string of the molecule is COc1ccc2c3c1O[C@H]1C[C@@H](O[C@@H]4O[C@H](C(=O)O)[C@@H](O)[C@H](O)[C@H]4O)C=C[C@@]31CCN(C)C2. The van der Waals surface area contributed by atoms with Crippen LogP contribution in [0.2, 0.25) is 0 Å². The zero-order valence-corrected chi connectivity index (χ0v) is 18.5. The van der Waals surface area contributed by atoms with Gasteiger partial charge >= 0.3 is 5.97 Å². The Balaban J connectivity index is 1.42. The lowest BCUT2D eigenvalue weighted by molar-refractivity contribution is -0.302. The summed E-state index contributed by atoms with van der Waals surface area (Å²) in [6.45, 7) is 1.68. The van der Waals surface area contributed by atoms with Crippen molar-refractivity contribution in [1.29, 1.82) is 0 Å². The molecule has 33 heavy (non-hydrogen) atoms. The summed E-state index contributed by atoms with van der Waals surface area (Å²) in [5, 5.41) is 39.6. The summed E-state index contributed by atoms with van der Waals surface area (Å²) in [7, 11) is 3.70. The first kappa shape index (κ1) is 22.6. The first-order chi connectivity index (χ1) is 15.7. The topological polar surface area (TPSA) is 138 Å². The van der Waals surface area contributed by atoms with Crippen LogP contribution in [0.5, 0.6) is 11.5 Å². The number of rotatable bonds is 4. The predicted molar refractivity (Wildman–Crippen MR) is 113 cm³/mol. The van der Waals surface area contributed by atoms with Gasteiger partial charge in [0.25, 0.3) is 0 Å². The van der Waals surface area contributed by atoms with Crippen molar-refractivity contribution in [2.75, 3.05) is 20.7 Å². The van der Waals surface area contributed by atoms with E-state index in [0.717, 1.165) is 30.8 Å². The fraction of sp³-hybridized carbons (Fsp3) is 0.609. The van der Waals surface area contributed by atoms with E-state index in [1.165, 1.54) is 5.56 Å². The number of aliphatic hydroxyl groups excluding tert-OH is 3. The molecule has 1 fully saturated rings. The summed E-state index contributed by atoms with van der Waals surface area (Å²) in [5.74, 6) is -0.0404. The van der Waals surface area contributed by atoms with Crippen molar-refractivity contribution in [3.05, 3.63) is 35.4 Å². The van der Waals surface area contributed by atoms with Crippen molar-refractivity contribution >= 4 is 5.97 Å². The van der Waals surface area contributed by atoms with E-state index in [1.54, 1.807) is 7.11 Å². The molecule has 0 amide bonds. The van der Waals surface area contributed by atoms with Gasteiger partial charge < -0.3 is 44.3 Å². The van der Waals surface area contributed by atoms with Crippen molar-refractivity contribution < 1.29 is 44.2 Å². The van der Waals surface area contributed by atoms with Gasteiger partial charge in [-0.25, -0.2) is 4.79 Å². The van der Waals surface area contributed by atoms with Crippen LogP contribution in [0.15, 0.2) is 24.3 Å². The third kappa shape index (κ3) is 3.52. The van der Waals surface area contributed by atoms with Gasteiger partial charge in [0.1, 0.15) is 24.4 Å². The van der Waals surface area contributed by atoms with Gasteiger partial charge in [-0.15, -0.1) is 0 Å². The first-order valence-electron chi connectivity index (χ1n) is 11.1. The third-order valence-corrected chi connectivity index (χ3v) is 7.25. The highest BCUT2D eigenvalue weighted by atomic mass is 16.7. The minimum Gasteiger partial charge on any atom is -0.493 e. The number of ether oxygens (including phenoxy) is 4. The van der Waals surface area contributed by atoms with Crippen LogP contribution >= 0.6 is 0 Å². The number of carbonyl (C=O) groups is 1. The highest BCUT2D eigenvalue weighted by molar-refractivity contribution is 5.73. The van der Waals surface area contributed by atoms with Crippen molar-refractivity contribution in [3.8, 4) is 11.5 Å². The number of nitrogens with zero attached hydrogens (tertiary/aromatic N) is 1. The van der Waals surface area contributed by atoms with Gasteiger partial charge in [0.2, 0.25) is 0 Å². The number of carboxylic acid groups (broad SMARTS) is 1. The minimum atomic E-state index is -1.76. The van der Waals surface area contributed by atoms with E-state index in [0.29, 0.717) is 12.2 Å². The summed E-state index contributed by atoms with van der Waals surface area (Å²) < 4.78 is 23.2.